The van der Waals surface area contributed by atoms with Crippen molar-refractivity contribution in [3.8, 4) is 5.75 Å². The van der Waals surface area contributed by atoms with E-state index in [1.54, 1.807) is 30.3 Å². The Hall–Kier alpha value is -7.18. The Kier molecular flexibility index (Phi) is 23.5. The van der Waals surface area contributed by atoms with E-state index in [0.717, 1.165) is 6.92 Å². The number of nitrogens with one attached hydrogen (secondary N) is 7. The van der Waals surface area contributed by atoms with Crippen molar-refractivity contribution >= 4 is 59.2 Å². The Morgan fingerprint density at radius 3 is 1.53 bits per heavy atom. The van der Waals surface area contributed by atoms with Crippen LogP contribution in [0.25, 0.3) is 0 Å². The molecule has 0 fully saturated rings. The standard InChI is InChI=1S/C44H64N10O14/c1-22(2)35(53-38(61)29(12-8-9-17-45)49-43(66)36(24(4)55)54-37(60)28(46)20-34(58)59)42(65)52-32(21-33(47)57)41(64)51-31(18-25-10-6-5-7-11-25)40(63)50-30(39(62)48-23(3)44(67)68)19-26-13-15-27(56)16-14-26/h5-7,10-11,13-16,22-24,28-32,35-36,55-56H,8-9,12,17-21,45-46H2,1-4H3,(H2,47,57)(H,48,62)(H,49,66)(H,50,63)(H,51,64)(H,52,65)(H,53,61)(H,54,60)(H,58,59)(H,67,68)/t23-,24+,28-,29-,30-,31-,32-,35-,36-/m0/s1. The third-order valence-corrected chi connectivity index (χ3v) is 10.3. The number of carboxylic acids is 2. The first-order chi connectivity index (χ1) is 31.9. The summed E-state index contributed by atoms with van der Waals surface area (Å²) < 4.78 is 0. The van der Waals surface area contributed by atoms with Gasteiger partial charge in [0.15, 0.2) is 0 Å². The van der Waals surface area contributed by atoms with Crippen LogP contribution in [0.4, 0.5) is 0 Å². The van der Waals surface area contributed by atoms with Gasteiger partial charge in [-0.2, -0.15) is 0 Å². The number of aliphatic carboxylic acids is 2. The first-order valence-corrected chi connectivity index (χ1v) is 21.7. The molecular weight excluding hydrogens is 893 g/mol. The number of unbranched alkanes of at least 4 members (excludes halogenated alkanes) is 1. The molecule has 0 aliphatic heterocycles. The maximum absolute atomic E-state index is 14.1. The van der Waals surface area contributed by atoms with E-state index < -0.39 is 132 Å². The maximum atomic E-state index is 14.1. The van der Waals surface area contributed by atoms with Gasteiger partial charge >= 0.3 is 11.9 Å². The number of amides is 8. The molecule has 374 valence electrons. The molecule has 0 saturated heterocycles. The fourth-order valence-electron chi connectivity index (χ4n) is 6.49. The number of hydrogen-bond donors (Lipinski definition) is 14. The lowest BCUT2D eigenvalue weighted by Crippen LogP contribution is -2.62. The van der Waals surface area contributed by atoms with Gasteiger partial charge in [-0.3, -0.25) is 47.9 Å². The van der Waals surface area contributed by atoms with Crippen LogP contribution < -0.4 is 54.4 Å². The van der Waals surface area contributed by atoms with Crippen LogP contribution in [0.5, 0.6) is 5.75 Å². The number of nitrogens with two attached hydrogens (primary N) is 3. The van der Waals surface area contributed by atoms with Crippen LogP contribution in [-0.2, 0) is 60.8 Å². The van der Waals surface area contributed by atoms with E-state index in [-0.39, 0.29) is 38.0 Å². The number of carboxylic acid groups (broad SMARTS) is 2. The molecular formula is C44H64N10O14. The molecule has 17 N–H and O–H groups in total. The van der Waals surface area contributed by atoms with Gasteiger partial charge in [-0.05, 0) is 68.8 Å². The normalized spacial score (nSPS) is 15.0. The second kappa shape index (κ2) is 28.1. The predicted molar refractivity (Wildman–Crippen MR) is 242 cm³/mol. The van der Waals surface area contributed by atoms with Gasteiger partial charge in [-0.15, -0.1) is 0 Å². The fourth-order valence-corrected chi connectivity index (χ4v) is 6.49. The number of aliphatic hydroxyl groups excluding tert-OH is 1. The first-order valence-electron chi connectivity index (χ1n) is 21.7. The molecule has 0 aromatic heterocycles. The van der Waals surface area contributed by atoms with Gasteiger partial charge in [0, 0.05) is 12.8 Å². The smallest absolute Gasteiger partial charge is 0.325 e. The van der Waals surface area contributed by atoms with E-state index in [2.05, 4.69) is 37.2 Å². The van der Waals surface area contributed by atoms with Crippen molar-refractivity contribution in [2.45, 2.75) is 127 Å². The topological polar surface area (TPSA) is 414 Å². The second-order valence-corrected chi connectivity index (χ2v) is 16.5. The van der Waals surface area contributed by atoms with Crippen molar-refractivity contribution in [2.75, 3.05) is 6.54 Å². The summed E-state index contributed by atoms with van der Waals surface area (Å²) in [6.07, 6.45) is -2.87. The monoisotopic (exact) mass is 956 g/mol. The highest BCUT2D eigenvalue weighted by molar-refractivity contribution is 5.99. The highest BCUT2D eigenvalue weighted by atomic mass is 16.4. The Morgan fingerprint density at radius 1 is 0.559 bits per heavy atom. The summed E-state index contributed by atoms with van der Waals surface area (Å²) in [4.78, 5) is 130. The van der Waals surface area contributed by atoms with Crippen molar-refractivity contribution in [3.63, 3.8) is 0 Å². The van der Waals surface area contributed by atoms with Gasteiger partial charge in [0.05, 0.1) is 25.0 Å². The Bertz CT molecular complexity index is 2070. The zero-order chi connectivity index (χ0) is 51.2. The summed E-state index contributed by atoms with van der Waals surface area (Å²) in [5.41, 5.74) is 17.7. The summed E-state index contributed by atoms with van der Waals surface area (Å²) in [5, 5.41) is 55.4. The van der Waals surface area contributed by atoms with Crippen molar-refractivity contribution in [3.05, 3.63) is 65.7 Å². The minimum Gasteiger partial charge on any atom is -0.508 e. The van der Waals surface area contributed by atoms with Gasteiger partial charge in [0.1, 0.15) is 48.0 Å². The summed E-state index contributed by atoms with van der Waals surface area (Å²) in [7, 11) is 0. The highest BCUT2D eigenvalue weighted by Crippen LogP contribution is 2.14. The molecule has 0 bridgehead atoms. The molecule has 2 aromatic carbocycles. The van der Waals surface area contributed by atoms with Crippen LogP contribution in [0.15, 0.2) is 54.6 Å². The minimum atomic E-state index is -1.75. The predicted octanol–water partition coefficient (Wildman–Crippen LogP) is -3.48. The maximum Gasteiger partial charge on any atom is 0.325 e. The van der Waals surface area contributed by atoms with E-state index in [1.165, 1.54) is 45.0 Å². The van der Waals surface area contributed by atoms with Crippen LogP contribution in [0.3, 0.4) is 0 Å². The van der Waals surface area contributed by atoms with Gasteiger partial charge < -0.3 is 74.8 Å². The minimum absolute atomic E-state index is 0.0478. The van der Waals surface area contributed by atoms with Crippen LogP contribution in [-0.4, -0.2) is 141 Å². The number of carbonyl (C=O) groups excluding carboxylic acids is 8. The number of rotatable bonds is 29. The Labute approximate surface area is 392 Å². The Morgan fingerprint density at radius 2 is 1.03 bits per heavy atom. The molecule has 0 aliphatic rings. The molecule has 0 spiro atoms. The van der Waals surface area contributed by atoms with E-state index in [9.17, 15) is 63.3 Å². The van der Waals surface area contributed by atoms with Gasteiger partial charge in [-0.25, -0.2) is 0 Å². The van der Waals surface area contributed by atoms with E-state index in [0.29, 0.717) is 17.5 Å². The summed E-state index contributed by atoms with van der Waals surface area (Å²) in [5.74, 6) is -11.5. The molecule has 8 amide bonds. The lowest BCUT2D eigenvalue weighted by atomic mass is 10.00. The van der Waals surface area contributed by atoms with E-state index in [1.807, 2.05) is 0 Å². The zero-order valence-electron chi connectivity index (χ0n) is 38.2. The molecule has 2 rings (SSSR count). The zero-order valence-corrected chi connectivity index (χ0v) is 38.2. The SMILES string of the molecule is CC(C)[C@H](NC(=O)[C@H](CCCCN)NC(=O)[C@@H](NC(=O)[C@@H](N)CC(=O)O)[C@@H](C)O)C(=O)N[C@@H](CC(N)=O)C(=O)N[C@@H](Cc1ccccc1)C(=O)N[C@@H](Cc1ccc(O)cc1)C(=O)N[C@@H](C)C(=O)O. The number of primary amides is 1. The number of phenols is 1. The molecule has 2 aromatic rings. The molecule has 0 radical (unpaired) electrons. The number of aromatic hydroxyl groups is 1. The average Bonchev–Trinajstić information content (AvgIpc) is 3.26. The molecule has 9 atom stereocenters. The number of hydrogen-bond acceptors (Lipinski definition) is 14. The molecule has 24 nitrogen and oxygen atoms in total. The summed E-state index contributed by atoms with van der Waals surface area (Å²) in [6.45, 7) is 5.66. The molecule has 0 saturated carbocycles. The Balaban J connectivity index is 2.42. The molecule has 0 unspecified atom stereocenters. The molecule has 0 heterocycles. The van der Waals surface area contributed by atoms with Crippen LogP contribution in [0.1, 0.15) is 70.9 Å². The fraction of sp³-hybridized carbons (Fsp3) is 0.500. The van der Waals surface area contributed by atoms with Crippen molar-refractivity contribution in [1.29, 1.82) is 0 Å². The van der Waals surface area contributed by atoms with Crippen molar-refractivity contribution in [1.82, 2.24) is 37.2 Å². The van der Waals surface area contributed by atoms with Crippen LogP contribution in [0, 0.1) is 5.92 Å². The lowest BCUT2D eigenvalue weighted by molar-refractivity contribution is -0.142. The van der Waals surface area contributed by atoms with Gasteiger partial charge in [0.2, 0.25) is 47.3 Å². The molecule has 0 aliphatic carbocycles. The average molecular weight is 957 g/mol. The third kappa shape index (κ3) is 19.7. The number of phenolic OH excluding ortho intramolecular Hbond substituents is 1. The number of benzene rings is 2. The first kappa shape index (κ1) is 56.9. The second-order valence-electron chi connectivity index (χ2n) is 16.5. The molecule has 68 heavy (non-hydrogen) atoms. The highest BCUT2D eigenvalue weighted by Gasteiger charge is 2.36. The summed E-state index contributed by atoms with van der Waals surface area (Å²) in [6, 6.07) is 1.82. The largest absolute Gasteiger partial charge is 0.508 e. The van der Waals surface area contributed by atoms with Gasteiger partial charge in [0.25, 0.3) is 0 Å². The van der Waals surface area contributed by atoms with E-state index >= 15 is 0 Å². The lowest BCUT2D eigenvalue weighted by Gasteiger charge is -2.29. The summed E-state index contributed by atoms with van der Waals surface area (Å²) >= 11 is 0. The molecule has 24 heteroatoms. The van der Waals surface area contributed by atoms with Crippen LogP contribution >= 0.6 is 0 Å². The number of aliphatic hydroxyl groups is 1. The van der Waals surface area contributed by atoms with Crippen LogP contribution in [0.2, 0.25) is 0 Å². The van der Waals surface area contributed by atoms with E-state index in [4.69, 9.17) is 22.3 Å². The quantitative estimate of drug-likeness (QED) is 0.0352. The third-order valence-electron chi connectivity index (χ3n) is 10.3. The van der Waals surface area contributed by atoms with Gasteiger partial charge in [-0.1, -0.05) is 56.3 Å². The van der Waals surface area contributed by atoms with Crippen molar-refractivity contribution < 1.29 is 68.4 Å². The van der Waals surface area contributed by atoms with Crippen molar-refractivity contribution in [2.24, 2.45) is 23.1 Å². The number of carbonyl (C=O) groups is 10.